The minimum absolute atomic E-state index is 0.0292. The topological polar surface area (TPSA) is 42.4 Å². The summed E-state index contributed by atoms with van der Waals surface area (Å²) in [4.78, 5) is 19.0. The summed E-state index contributed by atoms with van der Waals surface area (Å²) < 4.78 is 5.22. The SMILES string of the molecule is COCC1CCCN(C(=O)c2ccc3ccccc3n2)C1. The molecule has 0 aliphatic carbocycles. The van der Waals surface area contributed by atoms with Crippen molar-refractivity contribution >= 4 is 16.8 Å². The normalized spacial score (nSPS) is 18.9. The van der Waals surface area contributed by atoms with Crippen LogP contribution in [0.5, 0.6) is 0 Å². The van der Waals surface area contributed by atoms with E-state index < -0.39 is 0 Å². The number of hydrogen-bond donors (Lipinski definition) is 0. The molecule has 110 valence electrons. The molecular formula is C17H20N2O2. The van der Waals surface area contributed by atoms with Crippen molar-refractivity contribution in [3.05, 3.63) is 42.1 Å². The number of benzene rings is 1. The molecule has 4 nitrogen and oxygen atoms in total. The molecule has 0 radical (unpaired) electrons. The number of methoxy groups -OCH3 is 1. The Balaban J connectivity index is 1.79. The Morgan fingerprint density at radius 2 is 2.19 bits per heavy atom. The van der Waals surface area contributed by atoms with Gasteiger partial charge in [0.1, 0.15) is 5.69 Å². The molecule has 1 aliphatic rings. The molecule has 0 N–H and O–H groups in total. The lowest BCUT2D eigenvalue weighted by Gasteiger charge is -2.32. The number of aromatic nitrogens is 1. The summed E-state index contributed by atoms with van der Waals surface area (Å²) in [5.41, 5.74) is 1.40. The molecular weight excluding hydrogens is 264 g/mol. The van der Waals surface area contributed by atoms with Gasteiger partial charge in [0, 0.05) is 25.6 Å². The Morgan fingerprint density at radius 1 is 1.33 bits per heavy atom. The quantitative estimate of drug-likeness (QED) is 0.870. The standard InChI is InChI=1S/C17H20N2O2/c1-21-12-13-5-4-10-19(11-13)17(20)16-9-8-14-6-2-3-7-15(14)18-16/h2-3,6-9,13H,4-5,10-12H2,1H3. The van der Waals surface area contributed by atoms with E-state index in [1.807, 2.05) is 41.3 Å². The highest BCUT2D eigenvalue weighted by Crippen LogP contribution is 2.19. The van der Waals surface area contributed by atoms with Gasteiger partial charge in [-0.05, 0) is 30.9 Å². The Morgan fingerprint density at radius 3 is 3.05 bits per heavy atom. The highest BCUT2D eigenvalue weighted by atomic mass is 16.5. The molecule has 1 aromatic heterocycles. The predicted molar refractivity (Wildman–Crippen MR) is 82.2 cm³/mol. The number of ether oxygens (including phenoxy) is 1. The Labute approximate surface area is 124 Å². The van der Waals surface area contributed by atoms with Gasteiger partial charge in [-0.15, -0.1) is 0 Å². The van der Waals surface area contributed by atoms with Crippen molar-refractivity contribution in [3.63, 3.8) is 0 Å². The Kier molecular flexibility index (Phi) is 4.15. The van der Waals surface area contributed by atoms with Crippen molar-refractivity contribution in [1.29, 1.82) is 0 Å². The highest BCUT2D eigenvalue weighted by molar-refractivity contribution is 5.94. The Bertz CT molecular complexity index is 639. The van der Waals surface area contributed by atoms with Crippen LogP contribution in [0.1, 0.15) is 23.3 Å². The summed E-state index contributed by atoms with van der Waals surface area (Å²) in [6, 6.07) is 11.7. The maximum atomic E-state index is 12.6. The number of amides is 1. The summed E-state index contributed by atoms with van der Waals surface area (Å²) in [7, 11) is 1.71. The molecule has 3 rings (SSSR count). The van der Waals surface area contributed by atoms with E-state index in [0.717, 1.165) is 43.4 Å². The summed E-state index contributed by atoms with van der Waals surface area (Å²) in [6.45, 7) is 2.30. The fraction of sp³-hybridized carbons (Fsp3) is 0.412. The lowest BCUT2D eigenvalue weighted by atomic mass is 9.98. The first-order chi connectivity index (χ1) is 10.3. The zero-order chi connectivity index (χ0) is 14.7. The van der Waals surface area contributed by atoms with Crippen molar-refractivity contribution < 1.29 is 9.53 Å². The van der Waals surface area contributed by atoms with E-state index in [1.54, 1.807) is 7.11 Å². The van der Waals surface area contributed by atoms with E-state index in [9.17, 15) is 4.79 Å². The maximum Gasteiger partial charge on any atom is 0.272 e. The van der Waals surface area contributed by atoms with E-state index in [0.29, 0.717) is 11.6 Å². The molecule has 0 saturated carbocycles. The molecule has 0 bridgehead atoms. The van der Waals surface area contributed by atoms with E-state index in [2.05, 4.69) is 4.98 Å². The summed E-state index contributed by atoms with van der Waals surface area (Å²) >= 11 is 0. The minimum atomic E-state index is 0.0292. The minimum Gasteiger partial charge on any atom is -0.384 e. The zero-order valence-electron chi connectivity index (χ0n) is 12.3. The van der Waals surface area contributed by atoms with E-state index in [-0.39, 0.29) is 5.91 Å². The first-order valence-electron chi connectivity index (χ1n) is 7.42. The number of piperidine rings is 1. The van der Waals surface area contributed by atoms with Crippen LogP contribution in [0.2, 0.25) is 0 Å². The molecule has 2 heterocycles. The van der Waals surface area contributed by atoms with Crippen LogP contribution in [-0.4, -0.2) is 42.6 Å². The van der Waals surface area contributed by atoms with Crippen LogP contribution in [0.25, 0.3) is 10.9 Å². The third kappa shape index (κ3) is 3.05. The number of para-hydroxylation sites is 1. The molecule has 21 heavy (non-hydrogen) atoms. The van der Waals surface area contributed by atoms with Crippen LogP contribution < -0.4 is 0 Å². The van der Waals surface area contributed by atoms with E-state index in [4.69, 9.17) is 4.74 Å². The van der Waals surface area contributed by atoms with Crippen LogP contribution >= 0.6 is 0 Å². The fourth-order valence-electron chi connectivity index (χ4n) is 2.97. The van der Waals surface area contributed by atoms with Crippen molar-refractivity contribution in [2.75, 3.05) is 26.8 Å². The lowest BCUT2D eigenvalue weighted by molar-refractivity contribution is 0.0566. The van der Waals surface area contributed by atoms with Gasteiger partial charge < -0.3 is 9.64 Å². The number of fused-ring (bicyclic) bond motifs is 1. The van der Waals surface area contributed by atoms with Gasteiger partial charge in [-0.3, -0.25) is 4.79 Å². The van der Waals surface area contributed by atoms with Crippen molar-refractivity contribution in [2.24, 2.45) is 5.92 Å². The second-order valence-corrected chi connectivity index (χ2v) is 5.60. The summed E-state index contributed by atoms with van der Waals surface area (Å²) in [5, 5.41) is 1.06. The number of nitrogens with zero attached hydrogens (tertiary/aromatic N) is 2. The van der Waals surface area contributed by atoms with Crippen LogP contribution in [0.15, 0.2) is 36.4 Å². The van der Waals surface area contributed by atoms with Gasteiger partial charge in [0.2, 0.25) is 0 Å². The molecule has 4 heteroatoms. The molecule has 1 amide bonds. The Hall–Kier alpha value is -1.94. The number of hydrogen-bond acceptors (Lipinski definition) is 3. The van der Waals surface area contributed by atoms with Crippen LogP contribution in [0.3, 0.4) is 0 Å². The van der Waals surface area contributed by atoms with Crippen molar-refractivity contribution in [1.82, 2.24) is 9.88 Å². The average Bonchev–Trinajstić information content (AvgIpc) is 2.54. The first-order valence-corrected chi connectivity index (χ1v) is 7.42. The van der Waals surface area contributed by atoms with Crippen molar-refractivity contribution in [2.45, 2.75) is 12.8 Å². The predicted octanol–water partition coefficient (Wildman–Crippen LogP) is 2.73. The molecule has 1 aromatic carbocycles. The smallest absolute Gasteiger partial charge is 0.272 e. The summed E-state index contributed by atoms with van der Waals surface area (Å²) in [5.74, 6) is 0.467. The largest absolute Gasteiger partial charge is 0.384 e. The van der Waals surface area contributed by atoms with Gasteiger partial charge >= 0.3 is 0 Å². The number of rotatable bonds is 3. The number of likely N-dealkylation sites (tertiary alicyclic amines) is 1. The molecule has 2 aromatic rings. The van der Waals surface area contributed by atoms with Gasteiger partial charge in [-0.1, -0.05) is 24.3 Å². The third-order valence-electron chi connectivity index (χ3n) is 4.03. The maximum absolute atomic E-state index is 12.6. The van der Waals surface area contributed by atoms with Crippen molar-refractivity contribution in [3.8, 4) is 0 Å². The molecule has 0 spiro atoms. The molecule has 1 unspecified atom stereocenters. The van der Waals surface area contributed by atoms with Gasteiger partial charge in [-0.25, -0.2) is 4.98 Å². The average molecular weight is 284 g/mol. The van der Waals surface area contributed by atoms with Crippen LogP contribution in [0.4, 0.5) is 0 Å². The zero-order valence-corrected chi connectivity index (χ0v) is 12.3. The monoisotopic (exact) mass is 284 g/mol. The summed E-state index contributed by atoms with van der Waals surface area (Å²) in [6.07, 6.45) is 2.16. The third-order valence-corrected chi connectivity index (χ3v) is 4.03. The molecule has 1 atom stereocenters. The van der Waals surface area contributed by atoms with Gasteiger partial charge in [0.15, 0.2) is 0 Å². The molecule has 1 fully saturated rings. The van der Waals surface area contributed by atoms with Gasteiger partial charge in [0.05, 0.1) is 12.1 Å². The number of pyridine rings is 1. The second-order valence-electron chi connectivity index (χ2n) is 5.60. The van der Waals surface area contributed by atoms with E-state index >= 15 is 0 Å². The van der Waals surface area contributed by atoms with Gasteiger partial charge in [0.25, 0.3) is 5.91 Å². The second kappa shape index (κ2) is 6.22. The van der Waals surface area contributed by atoms with Crippen LogP contribution in [-0.2, 0) is 4.74 Å². The number of carbonyl (C=O) groups excluding carboxylic acids is 1. The first kappa shape index (κ1) is 14.0. The van der Waals surface area contributed by atoms with E-state index in [1.165, 1.54) is 0 Å². The fourth-order valence-corrected chi connectivity index (χ4v) is 2.97. The molecule has 1 saturated heterocycles. The molecule has 1 aliphatic heterocycles. The highest BCUT2D eigenvalue weighted by Gasteiger charge is 2.25. The van der Waals surface area contributed by atoms with Gasteiger partial charge in [-0.2, -0.15) is 0 Å². The lowest BCUT2D eigenvalue weighted by Crippen LogP contribution is -2.41. The number of carbonyl (C=O) groups is 1. The van der Waals surface area contributed by atoms with Crippen LogP contribution in [0, 0.1) is 5.92 Å².